The minimum atomic E-state index is -0.211. The number of aliphatic hydroxyl groups excluding tert-OH is 1. The number of nitrogens with zero attached hydrogens (tertiary/aromatic N) is 4. The van der Waals surface area contributed by atoms with Crippen molar-refractivity contribution in [2.24, 2.45) is 0 Å². The van der Waals surface area contributed by atoms with E-state index < -0.39 is 0 Å². The number of thioether (sulfide) groups is 1. The SMILES string of the molecule is CCc1c(C(=O)NC(C)C(CO)SC)cnc2ncnn12. The summed E-state index contributed by atoms with van der Waals surface area (Å²) in [7, 11) is 0. The molecule has 1 amide bonds. The largest absolute Gasteiger partial charge is 0.395 e. The van der Waals surface area contributed by atoms with Crippen LogP contribution in [0.15, 0.2) is 12.5 Å². The smallest absolute Gasteiger partial charge is 0.254 e. The van der Waals surface area contributed by atoms with Crippen LogP contribution in [0.3, 0.4) is 0 Å². The lowest BCUT2D eigenvalue weighted by Gasteiger charge is -2.21. The second kappa shape index (κ2) is 6.86. The number of hydrogen-bond acceptors (Lipinski definition) is 6. The maximum atomic E-state index is 12.4. The summed E-state index contributed by atoms with van der Waals surface area (Å²) in [4.78, 5) is 20.6. The molecule has 2 heterocycles. The summed E-state index contributed by atoms with van der Waals surface area (Å²) in [6.45, 7) is 3.85. The molecule has 114 valence electrons. The fraction of sp³-hybridized carbons (Fsp3) is 0.538. The van der Waals surface area contributed by atoms with E-state index in [2.05, 4.69) is 20.4 Å². The number of carbonyl (C=O) groups is 1. The fourth-order valence-electron chi connectivity index (χ4n) is 2.17. The quantitative estimate of drug-likeness (QED) is 0.808. The van der Waals surface area contributed by atoms with Gasteiger partial charge in [0.2, 0.25) is 0 Å². The Kier molecular flexibility index (Phi) is 5.13. The van der Waals surface area contributed by atoms with E-state index in [-0.39, 0.29) is 23.8 Å². The van der Waals surface area contributed by atoms with Gasteiger partial charge >= 0.3 is 0 Å². The molecule has 2 atom stereocenters. The zero-order chi connectivity index (χ0) is 15.4. The molecule has 2 aromatic rings. The molecule has 0 bridgehead atoms. The van der Waals surface area contributed by atoms with Crippen LogP contribution in [0.5, 0.6) is 0 Å². The van der Waals surface area contributed by atoms with Gasteiger partial charge in [-0.05, 0) is 19.6 Å². The van der Waals surface area contributed by atoms with Crippen molar-refractivity contribution in [3.63, 3.8) is 0 Å². The molecule has 0 saturated carbocycles. The number of carbonyl (C=O) groups excluding carboxylic acids is 1. The molecule has 0 aliphatic carbocycles. The van der Waals surface area contributed by atoms with Gasteiger partial charge in [-0.3, -0.25) is 4.79 Å². The van der Waals surface area contributed by atoms with E-state index >= 15 is 0 Å². The first-order chi connectivity index (χ1) is 10.1. The molecule has 7 nitrogen and oxygen atoms in total. The Hall–Kier alpha value is -1.67. The summed E-state index contributed by atoms with van der Waals surface area (Å²) in [5, 5.41) is 16.3. The number of hydrogen-bond donors (Lipinski definition) is 2. The molecule has 2 aromatic heterocycles. The number of aryl methyl sites for hydroxylation is 1. The first-order valence-corrected chi connectivity index (χ1v) is 8.03. The Morgan fingerprint density at radius 3 is 2.90 bits per heavy atom. The molecule has 21 heavy (non-hydrogen) atoms. The van der Waals surface area contributed by atoms with Gasteiger partial charge in [0.05, 0.1) is 17.9 Å². The van der Waals surface area contributed by atoms with Gasteiger partial charge in [-0.1, -0.05) is 6.92 Å². The van der Waals surface area contributed by atoms with E-state index in [0.29, 0.717) is 17.8 Å². The molecule has 0 aliphatic rings. The van der Waals surface area contributed by atoms with Crippen LogP contribution < -0.4 is 5.32 Å². The third kappa shape index (κ3) is 3.16. The number of nitrogens with one attached hydrogen (secondary N) is 1. The van der Waals surface area contributed by atoms with Gasteiger partial charge in [0.25, 0.3) is 11.7 Å². The monoisotopic (exact) mass is 309 g/mol. The Morgan fingerprint density at radius 1 is 1.52 bits per heavy atom. The second-order valence-electron chi connectivity index (χ2n) is 4.66. The molecule has 2 rings (SSSR count). The Morgan fingerprint density at radius 2 is 2.29 bits per heavy atom. The molecule has 0 spiro atoms. The topological polar surface area (TPSA) is 92.4 Å². The minimum Gasteiger partial charge on any atom is -0.395 e. The van der Waals surface area contributed by atoms with Crippen LogP contribution in [0.25, 0.3) is 5.78 Å². The molecule has 0 fully saturated rings. The number of rotatable bonds is 6. The summed E-state index contributed by atoms with van der Waals surface area (Å²) in [5.74, 6) is 0.269. The van der Waals surface area contributed by atoms with Crippen LogP contribution in [0.1, 0.15) is 29.9 Å². The molecular formula is C13H19N5O2S. The summed E-state index contributed by atoms with van der Waals surface area (Å²) in [6, 6.07) is -0.145. The van der Waals surface area contributed by atoms with Crippen molar-refractivity contribution in [3.05, 3.63) is 23.8 Å². The van der Waals surface area contributed by atoms with Gasteiger partial charge in [-0.15, -0.1) is 0 Å². The van der Waals surface area contributed by atoms with Crippen LogP contribution in [-0.2, 0) is 6.42 Å². The lowest BCUT2D eigenvalue weighted by molar-refractivity contribution is 0.0934. The molecule has 8 heteroatoms. The summed E-state index contributed by atoms with van der Waals surface area (Å²) < 4.78 is 1.58. The Bertz CT molecular complexity index is 626. The average Bonchev–Trinajstić information content (AvgIpc) is 2.95. The standard InChI is InChI=1S/C13H19N5O2S/c1-4-10-9(5-14-13-15-7-16-18(10)13)12(20)17-8(2)11(6-19)21-3/h5,7-8,11,19H,4,6H2,1-3H3,(H,17,20). The number of aromatic nitrogens is 4. The average molecular weight is 309 g/mol. The van der Waals surface area contributed by atoms with Crippen molar-refractivity contribution in [3.8, 4) is 0 Å². The van der Waals surface area contributed by atoms with Crippen molar-refractivity contribution < 1.29 is 9.90 Å². The maximum absolute atomic E-state index is 12.4. The molecule has 0 saturated heterocycles. The Balaban J connectivity index is 2.26. The predicted molar refractivity (Wildman–Crippen MR) is 81.5 cm³/mol. The van der Waals surface area contributed by atoms with E-state index in [1.165, 1.54) is 24.3 Å². The first-order valence-electron chi connectivity index (χ1n) is 6.74. The van der Waals surface area contributed by atoms with Crippen molar-refractivity contribution in [1.82, 2.24) is 24.9 Å². The van der Waals surface area contributed by atoms with E-state index in [1.807, 2.05) is 20.1 Å². The van der Waals surface area contributed by atoms with Crippen LogP contribution in [-0.4, -0.2) is 54.8 Å². The van der Waals surface area contributed by atoms with Gasteiger partial charge < -0.3 is 10.4 Å². The first kappa shape index (κ1) is 15.7. The highest BCUT2D eigenvalue weighted by molar-refractivity contribution is 7.99. The van der Waals surface area contributed by atoms with E-state index in [4.69, 9.17) is 0 Å². The third-order valence-corrected chi connectivity index (χ3v) is 4.55. The van der Waals surface area contributed by atoms with Gasteiger partial charge in [-0.2, -0.15) is 21.8 Å². The zero-order valence-corrected chi connectivity index (χ0v) is 13.1. The molecule has 2 unspecified atom stereocenters. The Labute approximate surface area is 127 Å². The van der Waals surface area contributed by atoms with Crippen molar-refractivity contribution >= 4 is 23.4 Å². The summed E-state index contributed by atoms with van der Waals surface area (Å²) >= 11 is 1.52. The number of aliphatic hydroxyl groups is 1. The minimum absolute atomic E-state index is 0.0175. The lowest BCUT2D eigenvalue weighted by atomic mass is 10.1. The molecule has 0 aliphatic heterocycles. The van der Waals surface area contributed by atoms with Gasteiger partial charge in [-0.25, -0.2) is 9.50 Å². The molecule has 2 N–H and O–H groups in total. The van der Waals surface area contributed by atoms with E-state index in [0.717, 1.165) is 5.69 Å². The third-order valence-electron chi connectivity index (χ3n) is 3.38. The van der Waals surface area contributed by atoms with Gasteiger partial charge in [0.1, 0.15) is 6.33 Å². The van der Waals surface area contributed by atoms with Crippen LogP contribution in [0.2, 0.25) is 0 Å². The summed E-state index contributed by atoms with van der Waals surface area (Å²) in [5.41, 5.74) is 1.26. The highest BCUT2D eigenvalue weighted by atomic mass is 32.2. The van der Waals surface area contributed by atoms with Crippen LogP contribution >= 0.6 is 11.8 Å². The van der Waals surface area contributed by atoms with E-state index in [1.54, 1.807) is 4.52 Å². The lowest BCUT2D eigenvalue weighted by Crippen LogP contribution is -2.41. The molecule has 0 aromatic carbocycles. The van der Waals surface area contributed by atoms with Crippen molar-refractivity contribution in [2.75, 3.05) is 12.9 Å². The maximum Gasteiger partial charge on any atom is 0.254 e. The summed E-state index contributed by atoms with van der Waals surface area (Å²) in [6.07, 6.45) is 5.49. The van der Waals surface area contributed by atoms with Gasteiger partial charge in [0.15, 0.2) is 0 Å². The highest BCUT2D eigenvalue weighted by Crippen LogP contribution is 2.13. The molecule has 0 radical (unpaired) electrons. The van der Waals surface area contributed by atoms with Crippen molar-refractivity contribution in [1.29, 1.82) is 0 Å². The van der Waals surface area contributed by atoms with Crippen molar-refractivity contribution in [2.45, 2.75) is 31.6 Å². The normalized spacial score (nSPS) is 14.1. The number of fused-ring (bicyclic) bond motifs is 1. The second-order valence-corrected chi connectivity index (χ2v) is 5.74. The number of amides is 1. The molecular weight excluding hydrogens is 290 g/mol. The fourth-order valence-corrected chi connectivity index (χ4v) is 2.79. The zero-order valence-electron chi connectivity index (χ0n) is 12.3. The van der Waals surface area contributed by atoms with Crippen LogP contribution in [0.4, 0.5) is 0 Å². The highest BCUT2D eigenvalue weighted by Gasteiger charge is 2.21. The van der Waals surface area contributed by atoms with E-state index in [9.17, 15) is 9.90 Å². The predicted octanol–water partition coefficient (Wildman–Crippen LogP) is 0.529. The van der Waals surface area contributed by atoms with Gasteiger partial charge in [0, 0.05) is 17.5 Å². The van der Waals surface area contributed by atoms with Crippen LogP contribution in [0, 0.1) is 0 Å².